The van der Waals surface area contributed by atoms with Crippen molar-refractivity contribution in [2.24, 2.45) is 0 Å². The number of nitriles is 1. The van der Waals surface area contributed by atoms with E-state index in [4.69, 9.17) is 5.26 Å². The summed E-state index contributed by atoms with van der Waals surface area (Å²) in [5.74, 6) is 0.190. The molecule has 1 aromatic carbocycles. The Bertz CT molecular complexity index is 494. The third-order valence-electron chi connectivity index (χ3n) is 1.82. The first-order chi connectivity index (χ1) is 6.81. The molecule has 0 saturated carbocycles. The van der Waals surface area contributed by atoms with Gasteiger partial charge in [0.25, 0.3) is 5.82 Å². The van der Waals surface area contributed by atoms with E-state index in [2.05, 4.69) is 15.5 Å². The number of hydrogen-bond acceptors (Lipinski definition) is 4. The first-order valence-electron chi connectivity index (χ1n) is 4.07. The summed E-state index contributed by atoms with van der Waals surface area (Å²) in [5.41, 5.74) is 1.90. The van der Waals surface area contributed by atoms with E-state index in [1.165, 1.54) is 4.68 Å². The third-order valence-corrected chi connectivity index (χ3v) is 1.82. The van der Waals surface area contributed by atoms with Crippen molar-refractivity contribution in [1.82, 2.24) is 20.2 Å². The number of nitrogens with zero attached hydrogens (tertiary/aromatic N) is 5. The van der Waals surface area contributed by atoms with Crippen molar-refractivity contribution in [2.45, 2.75) is 6.92 Å². The van der Waals surface area contributed by atoms with E-state index in [9.17, 15) is 0 Å². The summed E-state index contributed by atoms with van der Waals surface area (Å²) in [6.07, 6.45) is 0. The van der Waals surface area contributed by atoms with Crippen molar-refractivity contribution in [3.05, 3.63) is 35.7 Å². The maximum absolute atomic E-state index is 8.72. The highest BCUT2D eigenvalue weighted by Gasteiger charge is 2.05. The molecular formula is C9H7N5. The fourth-order valence-electron chi connectivity index (χ4n) is 1.19. The van der Waals surface area contributed by atoms with Gasteiger partial charge in [-0.1, -0.05) is 17.2 Å². The Hall–Kier alpha value is -2.22. The summed E-state index contributed by atoms with van der Waals surface area (Å²) < 4.78 is 1.41. The van der Waals surface area contributed by atoms with E-state index in [0.29, 0.717) is 0 Å². The molecule has 0 atom stereocenters. The van der Waals surface area contributed by atoms with Crippen LogP contribution in [-0.2, 0) is 0 Å². The van der Waals surface area contributed by atoms with Crippen LogP contribution in [0.4, 0.5) is 0 Å². The molecule has 5 heteroatoms. The fourth-order valence-corrected chi connectivity index (χ4v) is 1.19. The van der Waals surface area contributed by atoms with E-state index in [1.54, 1.807) is 0 Å². The second-order valence-corrected chi connectivity index (χ2v) is 2.87. The van der Waals surface area contributed by atoms with Gasteiger partial charge in [-0.05, 0) is 35.0 Å². The Labute approximate surface area is 80.6 Å². The first-order valence-corrected chi connectivity index (χ1v) is 4.07. The van der Waals surface area contributed by atoms with Crippen LogP contribution in [0.15, 0.2) is 24.3 Å². The smallest absolute Gasteiger partial charge is 0.189 e. The van der Waals surface area contributed by atoms with Gasteiger partial charge in [0.05, 0.1) is 5.69 Å². The predicted octanol–water partition coefficient (Wildman–Crippen LogP) is 0.842. The van der Waals surface area contributed by atoms with Gasteiger partial charge in [-0.25, -0.2) is 0 Å². The standard InChI is InChI=1S/C9H7N5/c1-7-3-2-4-8(5-7)14-9(6-10)11-12-13-14/h2-5H,1H3. The molecule has 0 unspecified atom stereocenters. The summed E-state index contributed by atoms with van der Waals surface area (Å²) in [5, 5.41) is 19.5. The summed E-state index contributed by atoms with van der Waals surface area (Å²) in [4.78, 5) is 0. The Morgan fingerprint density at radius 2 is 2.29 bits per heavy atom. The van der Waals surface area contributed by atoms with Gasteiger partial charge in [-0.3, -0.25) is 0 Å². The van der Waals surface area contributed by atoms with Crippen LogP contribution in [0.5, 0.6) is 0 Å². The molecule has 5 nitrogen and oxygen atoms in total. The molecule has 0 aliphatic rings. The number of aromatic nitrogens is 4. The van der Waals surface area contributed by atoms with Gasteiger partial charge in [0.1, 0.15) is 6.07 Å². The molecule has 0 aliphatic heterocycles. The van der Waals surface area contributed by atoms with Crippen molar-refractivity contribution in [1.29, 1.82) is 5.26 Å². The van der Waals surface area contributed by atoms with Crippen LogP contribution in [0, 0.1) is 18.3 Å². The lowest BCUT2D eigenvalue weighted by atomic mass is 10.2. The lowest BCUT2D eigenvalue weighted by Gasteiger charge is -2.00. The van der Waals surface area contributed by atoms with E-state index in [0.717, 1.165) is 11.3 Å². The number of benzene rings is 1. The molecule has 0 N–H and O–H groups in total. The van der Waals surface area contributed by atoms with Gasteiger partial charge in [0.15, 0.2) is 0 Å². The minimum Gasteiger partial charge on any atom is -0.189 e. The zero-order chi connectivity index (χ0) is 9.97. The van der Waals surface area contributed by atoms with Crippen LogP contribution >= 0.6 is 0 Å². The van der Waals surface area contributed by atoms with Gasteiger partial charge in [0, 0.05) is 0 Å². The zero-order valence-corrected chi connectivity index (χ0v) is 7.55. The van der Waals surface area contributed by atoms with Crippen molar-refractivity contribution in [3.8, 4) is 11.8 Å². The van der Waals surface area contributed by atoms with Crippen LogP contribution < -0.4 is 0 Å². The molecule has 14 heavy (non-hydrogen) atoms. The number of tetrazole rings is 1. The molecule has 0 radical (unpaired) electrons. The molecule has 68 valence electrons. The van der Waals surface area contributed by atoms with Gasteiger partial charge in [-0.15, -0.1) is 0 Å². The van der Waals surface area contributed by atoms with Gasteiger partial charge in [-0.2, -0.15) is 9.94 Å². The van der Waals surface area contributed by atoms with Gasteiger partial charge in [0.2, 0.25) is 0 Å². The van der Waals surface area contributed by atoms with Crippen molar-refractivity contribution >= 4 is 0 Å². The fraction of sp³-hybridized carbons (Fsp3) is 0.111. The van der Waals surface area contributed by atoms with Crippen LogP contribution in [0.2, 0.25) is 0 Å². The molecule has 1 aromatic heterocycles. The normalized spacial score (nSPS) is 9.71. The first kappa shape index (κ1) is 8.38. The summed E-state index contributed by atoms with van der Waals surface area (Å²) in [6, 6.07) is 9.55. The Morgan fingerprint density at radius 3 is 3.00 bits per heavy atom. The number of hydrogen-bond donors (Lipinski definition) is 0. The van der Waals surface area contributed by atoms with E-state index in [1.807, 2.05) is 37.3 Å². The number of aryl methyl sites for hydroxylation is 1. The molecule has 2 aromatic rings. The van der Waals surface area contributed by atoms with E-state index >= 15 is 0 Å². The topological polar surface area (TPSA) is 67.4 Å². The SMILES string of the molecule is Cc1cccc(-n2nnnc2C#N)c1. The maximum Gasteiger partial charge on any atom is 0.257 e. The summed E-state index contributed by atoms with van der Waals surface area (Å²) in [7, 11) is 0. The molecule has 1 heterocycles. The molecule has 0 fully saturated rings. The highest BCUT2D eigenvalue weighted by molar-refractivity contribution is 5.36. The van der Waals surface area contributed by atoms with Crippen LogP contribution in [0.3, 0.4) is 0 Å². The average molecular weight is 185 g/mol. The van der Waals surface area contributed by atoms with Crippen LogP contribution in [0.25, 0.3) is 5.69 Å². The molecule has 2 rings (SSSR count). The minimum atomic E-state index is 0.190. The summed E-state index contributed by atoms with van der Waals surface area (Å²) in [6.45, 7) is 1.97. The van der Waals surface area contributed by atoms with Crippen LogP contribution in [-0.4, -0.2) is 20.2 Å². The largest absolute Gasteiger partial charge is 0.257 e. The third kappa shape index (κ3) is 1.33. The van der Waals surface area contributed by atoms with Crippen molar-refractivity contribution in [2.75, 3.05) is 0 Å². The van der Waals surface area contributed by atoms with Gasteiger partial charge >= 0.3 is 0 Å². The zero-order valence-electron chi connectivity index (χ0n) is 7.55. The lowest BCUT2D eigenvalue weighted by Crippen LogP contribution is -2.00. The second kappa shape index (κ2) is 3.26. The monoisotopic (exact) mass is 185 g/mol. The molecule has 0 saturated heterocycles. The summed E-state index contributed by atoms with van der Waals surface area (Å²) >= 11 is 0. The minimum absolute atomic E-state index is 0.190. The Balaban J connectivity index is 2.56. The Kier molecular flexibility index (Phi) is 1.95. The van der Waals surface area contributed by atoms with Gasteiger partial charge < -0.3 is 0 Å². The molecule has 0 bridgehead atoms. The van der Waals surface area contributed by atoms with Crippen molar-refractivity contribution < 1.29 is 0 Å². The van der Waals surface area contributed by atoms with Crippen molar-refractivity contribution in [3.63, 3.8) is 0 Å². The molecule has 0 spiro atoms. The molecular weight excluding hydrogens is 178 g/mol. The maximum atomic E-state index is 8.72. The highest BCUT2D eigenvalue weighted by Crippen LogP contribution is 2.09. The quantitative estimate of drug-likeness (QED) is 0.660. The van der Waals surface area contributed by atoms with E-state index < -0.39 is 0 Å². The highest BCUT2D eigenvalue weighted by atomic mass is 15.5. The molecule has 0 aliphatic carbocycles. The lowest BCUT2D eigenvalue weighted by molar-refractivity contribution is 0.785. The Morgan fingerprint density at radius 1 is 1.43 bits per heavy atom. The average Bonchev–Trinajstić information content (AvgIpc) is 2.65. The van der Waals surface area contributed by atoms with E-state index in [-0.39, 0.29) is 5.82 Å². The number of rotatable bonds is 1. The second-order valence-electron chi connectivity index (χ2n) is 2.87. The molecule has 0 amide bonds. The van der Waals surface area contributed by atoms with Crippen LogP contribution in [0.1, 0.15) is 11.4 Å². The predicted molar refractivity (Wildman–Crippen MR) is 48.6 cm³/mol.